The van der Waals surface area contributed by atoms with Crippen LogP contribution in [0, 0.1) is 11.7 Å². The normalized spacial score (nSPS) is 19.4. The maximum Gasteiger partial charge on any atom is 0.273 e. The second-order valence-corrected chi connectivity index (χ2v) is 7.05. The van der Waals surface area contributed by atoms with Gasteiger partial charge in [0.1, 0.15) is 5.82 Å². The molecule has 1 aliphatic heterocycles. The molecule has 1 aromatic heterocycles. The lowest BCUT2D eigenvalue weighted by Gasteiger charge is -2.10. The Morgan fingerprint density at radius 2 is 2.11 bits per heavy atom. The summed E-state index contributed by atoms with van der Waals surface area (Å²) < 4.78 is 25.7. The summed E-state index contributed by atoms with van der Waals surface area (Å²) in [6, 6.07) is 6.02. The van der Waals surface area contributed by atoms with E-state index in [4.69, 9.17) is 9.47 Å². The second kappa shape index (κ2) is 8.14. The summed E-state index contributed by atoms with van der Waals surface area (Å²) in [4.78, 5) is 12.6. The van der Waals surface area contributed by atoms with E-state index in [1.807, 2.05) is 0 Å². The van der Waals surface area contributed by atoms with Crippen molar-refractivity contribution in [2.45, 2.75) is 25.2 Å². The highest BCUT2D eigenvalue weighted by Gasteiger charge is 2.34. The number of ether oxygens (including phenoxy) is 2. The van der Waals surface area contributed by atoms with Crippen molar-refractivity contribution in [3.05, 3.63) is 41.5 Å². The Kier molecular flexibility index (Phi) is 5.45. The van der Waals surface area contributed by atoms with Gasteiger partial charge in [0.15, 0.2) is 5.69 Å². The molecule has 0 radical (unpaired) electrons. The number of halogens is 1. The number of carbonyl (C=O) groups is 1. The standard InChI is InChI=1S/C19H23FN4O3/c20-15-3-5-16(6-4-15)24-18(14-1-2-14)17(22-23-24)19(25)21-8-10-27-12-13-7-9-26-11-13/h3-6,13-14H,1-2,7-12H2,(H,21,25). The summed E-state index contributed by atoms with van der Waals surface area (Å²) in [5, 5.41) is 11.1. The van der Waals surface area contributed by atoms with Gasteiger partial charge in [-0.15, -0.1) is 5.10 Å². The van der Waals surface area contributed by atoms with Gasteiger partial charge in [-0.25, -0.2) is 9.07 Å². The zero-order valence-corrected chi connectivity index (χ0v) is 15.1. The van der Waals surface area contributed by atoms with E-state index in [2.05, 4.69) is 15.6 Å². The first-order valence-corrected chi connectivity index (χ1v) is 9.37. The Hall–Kier alpha value is -2.32. The van der Waals surface area contributed by atoms with Gasteiger partial charge < -0.3 is 14.8 Å². The van der Waals surface area contributed by atoms with Gasteiger partial charge in [-0.05, 0) is 43.5 Å². The zero-order chi connectivity index (χ0) is 18.6. The fraction of sp³-hybridized carbons (Fsp3) is 0.526. The van der Waals surface area contributed by atoms with Gasteiger partial charge in [0.25, 0.3) is 5.91 Å². The second-order valence-electron chi connectivity index (χ2n) is 7.05. The Morgan fingerprint density at radius 3 is 2.81 bits per heavy atom. The highest BCUT2D eigenvalue weighted by atomic mass is 19.1. The molecule has 1 saturated heterocycles. The molecule has 8 heteroatoms. The van der Waals surface area contributed by atoms with E-state index < -0.39 is 0 Å². The molecule has 2 heterocycles. The number of carbonyl (C=O) groups excluding carboxylic acids is 1. The lowest BCUT2D eigenvalue weighted by molar-refractivity contribution is 0.0820. The number of amides is 1. The van der Waals surface area contributed by atoms with E-state index in [0.29, 0.717) is 37.1 Å². The minimum absolute atomic E-state index is 0.252. The maximum atomic E-state index is 13.2. The van der Waals surface area contributed by atoms with Crippen molar-refractivity contribution in [3.63, 3.8) is 0 Å². The van der Waals surface area contributed by atoms with Crippen LogP contribution in [-0.4, -0.2) is 53.9 Å². The third-order valence-corrected chi connectivity index (χ3v) is 4.86. The lowest BCUT2D eigenvalue weighted by atomic mass is 10.1. The van der Waals surface area contributed by atoms with E-state index in [9.17, 15) is 9.18 Å². The molecule has 2 aliphatic rings. The van der Waals surface area contributed by atoms with Crippen LogP contribution < -0.4 is 5.32 Å². The predicted molar refractivity (Wildman–Crippen MR) is 95.4 cm³/mol. The van der Waals surface area contributed by atoms with Crippen LogP contribution in [0.3, 0.4) is 0 Å². The molecule has 144 valence electrons. The number of nitrogens with one attached hydrogen (secondary N) is 1. The highest BCUT2D eigenvalue weighted by Crippen LogP contribution is 2.41. The largest absolute Gasteiger partial charge is 0.381 e. The monoisotopic (exact) mass is 374 g/mol. The number of rotatable bonds is 8. The van der Waals surface area contributed by atoms with Crippen LogP contribution in [0.15, 0.2) is 24.3 Å². The first-order chi connectivity index (χ1) is 13.2. The average molecular weight is 374 g/mol. The van der Waals surface area contributed by atoms with Crippen LogP contribution >= 0.6 is 0 Å². The number of nitrogens with zero attached hydrogens (tertiary/aromatic N) is 3. The molecular formula is C19H23FN4O3. The first-order valence-electron chi connectivity index (χ1n) is 9.37. The number of hydrogen-bond acceptors (Lipinski definition) is 5. The van der Waals surface area contributed by atoms with Crippen LogP contribution in [0.1, 0.15) is 41.4 Å². The van der Waals surface area contributed by atoms with Crippen LogP contribution in [0.25, 0.3) is 5.69 Å². The first kappa shape index (κ1) is 18.1. The van der Waals surface area contributed by atoms with Crippen molar-refractivity contribution >= 4 is 5.91 Å². The Labute approximate surface area is 156 Å². The highest BCUT2D eigenvalue weighted by molar-refractivity contribution is 5.93. The fourth-order valence-electron chi connectivity index (χ4n) is 3.23. The zero-order valence-electron chi connectivity index (χ0n) is 15.1. The molecular weight excluding hydrogens is 351 g/mol. The fourth-order valence-corrected chi connectivity index (χ4v) is 3.23. The van der Waals surface area contributed by atoms with Gasteiger partial charge in [0.2, 0.25) is 0 Å². The van der Waals surface area contributed by atoms with Gasteiger partial charge in [-0.1, -0.05) is 5.21 Å². The number of hydrogen-bond donors (Lipinski definition) is 1. The van der Waals surface area contributed by atoms with Crippen molar-refractivity contribution < 1.29 is 18.7 Å². The maximum absolute atomic E-state index is 13.2. The lowest BCUT2D eigenvalue weighted by Crippen LogP contribution is -2.29. The van der Waals surface area contributed by atoms with Crippen molar-refractivity contribution in [2.24, 2.45) is 5.92 Å². The summed E-state index contributed by atoms with van der Waals surface area (Å²) in [6.07, 6.45) is 3.03. The predicted octanol–water partition coefficient (Wildman–Crippen LogP) is 2.07. The quantitative estimate of drug-likeness (QED) is 0.716. The van der Waals surface area contributed by atoms with E-state index in [1.54, 1.807) is 16.8 Å². The summed E-state index contributed by atoms with van der Waals surface area (Å²) >= 11 is 0. The van der Waals surface area contributed by atoms with Crippen molar-refractivity contribution in [2.75, 3.05) is 33.0 Å². The topological polar surface area (TPSA) is 78.3 Å². The minimum atomic E-state index is -0.311. The van der Waals surface area contributed by atoms with Crippen molar-refractivity contribution in [1.82, 2.24) is 20.3 Å². The summed E-state index contributed by atoms with van der Waals surface area (Å²) in [5.41, 5.74) is 1.83. The molecule has 4 rings (SSSR count). The minimum Gasteiger partial charge on any atom is -0.381 e. The van der Waals surface area contributed by atoms with Gasteiger partial charge in [-0.2, -0.15) is 0 Å². The third-order valence-electron chi connectivity index (χ3n) is 4.86. The van der Waals surface area contributed by atoms with Crippen molar-refractivity contribution in [3.8, 4) is 5.69 Å². The summed E-state index contributed by atoms with van der Waals surface area (Å²) in [5.74, 6) is 0.161. The SMILES string of the molecule is O=C(NCCOCC1CCOC1)c1nnn(-c2ccc(F)cc2)c1C1CC1. The molecule has 1 atom stereocenters. The van der Waals surface area contributed by atoms with E-state index in [1.165, 1.54) is 12.1 Å². The van der Waals surface area contributed by atoms with Gasteiger partial charge in [0, 0.05) is 25.0 Å². The van der Waals surface area contributed by atoms with Gasteiger partial charge in [-0.3, -0.25) is 4.79 Å². The summed E-state index contributed by atoms with van der Waals surface area (Å²) in [6.45, 7) is 3.08. The molecule has 1 saturated carbocycles. The van der Waals surface area contributed by atoms with Crippen LogP contribution in [0.2, 0.25) is 0 Å². The van der Waals surface area contributed by atoms with E-state index in [-0.39, 0.29) is 17.6 Å². The third kappa shape index (κ3) is 4.33. The molecule has 1 aromatic carbocycles. The van der Waals surface area contributed by atoms with Crippen LogP contribution in [0.5, 0.6) is 0 Å². The van der Waals surface area contributed by atoms with E-state index in [0.717, 1.165) is 38.2 Å². The molecule has 1 unspecified atom stereocenters. The molecule has 1 amide bonds. The van der Waals surface area contributed by atoms with Gasteiger partial charge >= 0.3 is 0 Å². The summed E-state index contributed by atoms with van der Waals surface area (Å²) in [7, 11) is 0. The van der Waals surface area contributed by atoms with Crippen LogP contribution in [-0.2, 0) is 9.47 Å². The van der Waals surface area contributed by atoms with Crippen molar-refractivity contribution in [1.29, 1.82) is 0 Å². The molecule has 1 aliphatic carbocycles. The molecule has 0 spiro atoms. The molecule has 7 nitrogen and oxygen atoms in total. The van der Waals surface area contributed by atoms with Crippen LogP contribution in [0.4, 0.5) is 4.39 Å². The molecule has 2 aromatic rings. The van der Waals surface area contributed by atoms with Gasteiger partial charge in [0.05, 0.1) is 31.2 Å². The molecule has 27 heavy (non-hydrogen) atoms. The van der Waals surface area contributed by atoms with E-state index >= 15 is 0 Å². The Morgan fingerprint density at radius 1 is 1.30 bits per heavy atom. The molecule has 1 N–H and O–H groups in total. The average Bonchev–Trinajstić information content (AvgIpc) is 3.19. The Balaban J connectivity index is 1.36. The smallest absolute Gasteiger partial charge is 0.273 e. The Bertz CT molecular complexity index is 783. The molecule has 0 bridgehead atoms. The molecule has 2 fully saturated rings. The number of aromatic nitrogens is 3. The number of benzene rings is 1.